The van der Waals surface area contributed by atoms with Crippen LogP contribution in [0.2, 0.25) is 0 Å². The molecule has 0 fully saturated rings. The van der Waals surface area contributed by atoms with E-state index in [0.717, 1.165) is 44.3 Å². The number of hydrazone groups is 1. The van der Waals surface area contributed by atoms with Gasteiger partial charge >= 0.3 is 5.97 Å². The van der Waals surface area contributed by atoms with Crippen molar-refractivity contribution in [3.8, 4) is 0 Å². The number of unbranched alkanes of at least 4 members (excludes halogenated alkanes) is 13. The molecule has 1 aliphatic rings. The number of ketones is 3. The number of carbonyl (C=O) groups is 5. The molecular weight excluding hydrogens is 751 g/mol. The average molecular weight is 824 g/mol. The fourth-order valence-electron chi connectivity index (χ4n) is 6.67. The van der Waals surface area contributed by atoms with Gasteiger partial charge in [0.1, 0.15) is 29.5 Å². The minimum Gasteiger partial charge on any atom is -0.481 e. The van der Waals surface area contributed by atoms with Crippen LogP contribution in [0.4, 0.5) is 0 Å². The van der Waals surface area contributed by atoms with Crippen molar-refractivity contribution in [2.24, 2.45) is 11.0 Å². The zero-order valence-corrected chi connectivity index (χ0v) is 35.8. The molecule has 0 aliphatic carbocycles. The van der Waals surface area contributed by atoms with Gasteiger partial charge in [-0.15, -0.1) is 0 Å². The van der Waals surface area contributed by atoms with Crippen LogP contribution in [-0.4, -0.2) is 96.1 Å². The molecule has 0 spiro atoms. The number of hydrogen-bond acceptors (Lipinski definition) is 12. The van der Waals surface area contributed by atoms with E-state index < -0.39 is 28.0 Å². The molecule has 326 valence electrons. The number of H-pyrrole nitrogens is 1. The summed E-state index contributed by atoms with van der Waals surface area (Å²) in [6, 6.07) is -0.106. The molecule has 0 radical (unpaired) electrons. The third kappa shape index (κ3) is 28.5. The minimum absolute atomic E-state index is 0.0788. The molecule has 0 bridgehead atoms. The van der Waals surface area contributed by atoms with E-state index in [1.807, 2.05) is 6.92 Å². The van der Waals surface area contributed by atoms with E-state index in [0.29, 0.717) is 45.1 Å². The lowest BCUT2D eigenvalue weighted by Gasteiger charge is -2.12. The number of hydrazine groups is 1. The van der Waals surface area contributed by atoms with E-state index in [1.54, 1.807) is 26.5 Å². The van der Waals surface area contributed by atoms with Crippen LogP contribution in [0.1, 0.15) is 161 Å². The van der Waals surface area contributed by atoms with Gasteiger partial charge in [-0.3, -0.25) is 24.0 Å². The zero-order chi connectivity index (χ0) is 42.2. The highest BCUT2D eigenvalue weighted by Gasteiger charge is 2.19. The topological polar surface area (TPSA) is 229 Å². The van der Waals surface area contributed by atoms with Crippen LogP contribution in [0.5, 0.6) is 0 Å². The quantitative estimate of drug-likeness (QED) is 0.0366. The van der Waals surface area contributed by atoms with Crippen molar-refractivity contribution in [1.29, 1.82) is 0 Å². The lowest BCUT2D eigenvalue weighted by atomic mass is 9.93. The first-order valence-electron chi connectivity index (χ1n) is 21.3. The summed E-state index contributed by atoms with van der Waals surface area (Å²) < 4.78 is 24.6. The van der Waals surface area contributed by atoms with Crippen molar-refractivity contribution in [1.82, 2.24) is 31.6 Å². The van der Waals surface area contributed by atoms with Gasteiger partial charge in [-0.25, -0.2) is 24.4 Å². The Morgan fingerprint density at radius 3 is 2.02 bits per heavy atom. The van der Waals surface area contributed by atoms with Crippen LogP contribution in [0.3, 0.4) is 0 Å². The molecule has 6 N–H and O–H groups in total. The van der Waals surface area contributed by atoms with Crippen LogP contribution in [-0.2, 0) is 40.2 Å². The first-order valence-corrected chi connectivity index (χ1v) is 23.1. The summed E-state index contributed by atoms with van der Waals surface area (Å²) in [4.78, 5) is 64.6. The summed E-state index contributed by atoms with van der Waals surface area (Å²) in [6.45, 7) is 4.72. The molecule has 1 aromatic heterocycles. The van der Waals surface area contributed by atoms with E-state index in [2.05, 4.69) is 36.7 Å². The highest BCUT2D eigenvalue weighted by Crippen LogP contribution is 2.16. The number of aromatic nitrogens is 2. The SMILES string of the molecule is CC[C@H](CCCCNC(=O)CCCS(=O)(=O)CC(=O)CCCCCCCCCCCCCCCC1=NNNC1)C(=O)CC(=O)O.CN[C@H](Cc1cnc[nH]1)C(C)=O. The molecule has 2 heterocycles. The molecule has 16 heteroatoms. The van der Waals surface area contributed by atoms with Gasteiger partial charge in [0.05, 0.1) is 30.4 Å². The fourth-order valence-corrected chi connectivity index (χ4v) is 8.03. The Kier molecular flexibility index (Phi) is 29.3. The number of aromatic amines is 1. The lowest BCUT2D eigenvalue weighted by molar-refractivity contribution is -0.141. The highest BCUT2D eigenvalue weighted by atomic mass is 32.2. The fraction of sp³-hybridized carbons (Fsp3) is 0.780. The van der Waals surface area contributed by atoms with Crippen LogP contribution in [0, 0.1) is 5.92 Å². The maximum absolute atomic E-state index is 12.3. The standard InChI is InChI=1S/C33H60N4O7S.C8H13N3O/c1-2-28(31(39)25-33(41)42)19-16-17-23-34-32(40)22-18-24-45(43,44)27-30(38)21-15-13-11-9-7-5-3-4-6-8-10-12-14-20-29-26-35-37-36-29;1-6(12)8(9-2)3-7-4-10-5-11-7/h28,35,37H,2-27H2,1H3,(H,34,40)(H,41,42);4-5,8-9H,3H2,1-2H3,(H,10,11)/t28-;8-/m11/s1. The van der Waals surface area contributed by atoms with Crippen LogP contribution in [0.25, 0.3) is 0 Å². The number of carbonyl (C=O) groups excluding carboxylic acids is 4. The Bertz CT molecular complexity index is 1420. The molecule has 0 aromatic carbocycles. The predicted octanol–water partition coefficient (Wildman–Crippen LogP) is 5.55. The van der Waals surface area contributed by atoms with Gasteiger partial charge in [-0.1, -0.05) is 84.0 Å². The maximum atomic E-state index is 12.3. The molecule has 0 unspecified atom stereocenters. The molecule has 57 heavy (non-hydrogen) atoms. The molecule has 0 saturated heterocycles. The number of rotatable bonds is 35. The third-order valence-corrected chi connectivity index (χ3v) is 11.8. The first-order chi connectivity index (χ1) is 27.4. The van der Waals surface area contributed by atoms with Crippen molar-refractivity contribution in [2.45, 2.75) is 168 Å². The Morgan fingerprint density at radius 1 is 0.860 bits per heavy atom. The van der Waals surface area contributed by atoms with Gasteiger partial charge in [0.25, 0.3) is 0 Å². The van der Waals surface area contributed by atoms with Gasteiger partial charge in [0.2, 0.25) is 5.91 Å². The summed E-state index contributed by atoms with van der Waals surface area (Å²) in [5, 5.41) is 18.6. The number of imidazole rings is 1. The largest absolute Gasteiger partial charge is 0.481 e. The third-order valence-electron chi connectivity index (χ3n) is 10.1. The van der Waals surface area contributed by atoms with E-state index in [9.17, 15) is 32.4 Å². The zero-order valence-electron chi connectivity index (χ0n) is 35.0. The molecule has 0 saturated carbocycles. The summed E-state index contributed by atoms with van der Waals surface area (Å²) in [7, 11) is -1.74. The average Bonchev–Trinajstić information content (AvgIpc) is 3.88. The van der Waals surface area contributed by atoms with Crippen LogP contribution < -0.4 is 21.6 Å². The molecule has 2 rings (SSSR count). The molecule has 1 amide bonds. The Hall–Kier alpha value is -3.50. The normalized spacial score (nSPS) is 13.5. The number of amides is 1. The van der Waals surface area contributed by atoms with Gasteiger partial charge in [0.15, 0.2) is 9.84 Å². The van der Waals surface area contributed by atoms with Crippen molar-refractivity contribution in [3.05, 3.63) is 18.2 Å². The van der Waals surface area contributed by atoms with E-state index in [1.165, 1.54) is 63.5 Å². The number of sulfone groups is 1. The highest BCUT2D eigenvalue weighted by molar-refractivity contribution is 7.92. The van der Waals surface area contributed by atoms with Crippen molar-refractivity contribution in [3.63, 3.8) is 0 Å². The second kappa shape index (κ2) is 32.5. The number of nitrogens with one attached hydrogen (secondary N) is 5. The van der Waals surface area contributed by atoms with Gasteiger partial charge in [-0.05, 0) is 58.9 Å². The van der Waals surface area contributed by atoms with Crippen molar-refractivity contribution >= 4 is 44.8 Å². The second-order valence-corrected chi connectivity index (χ2v) is 17.4. The maximum Gasteiger partial charge on any atom is 0.310 e. The number of carboxylic acid groups (broad SMARTS) is 1. The Labute approximate surface area is 341 Å². The monoisotopic (exact) mass is 824 g/mol. The molecule has 1 aromatic rings. The number of Topliss-reactive ketones (excluding diaryl/α,β-unsaturated/α-hetero) is 3. The van der Waals surface area contributed by atoms with Gasteiger partial charge < -0.3 is 20.7 Å². The molecule has 1 aliphatic heterocycles. The minimum atomic E-state index is -3.52. The summed E-state index contributed by atoms with van der Waals surface area (Å²) in [5.74, 6) is -2.62. The lowest BCUT2D eigenvalue weighted by Crippen LogP contribution is -2.34. The molecular formula is C41H73N7O8S. The van der Waals surface area contributed by atoms with Gasteiger partial charge in [0, 0.05) is 43.6 Å². The number of likely N-dealkylation sites (N-methyl/N-ethyl adjacent to an activating group) is 1. The van der Waals surface area contributed by atoms with E-state index in [4.69, 9.17) is 5.11 Å². The smallest absolute Gasteiger partial charge is 0.310 e. The molecule has 15 nitrogen and oxygen atoms in total. The summed E-state index contributed by atoms with van der Waals surface area (Å²) in [6.07, 6.45) is 23.1. The number of hydrogen-bond donors (Lipinski definition) is 6. The van der Waals surface area contributed by atoms with Crippen molar-refractivity contribution in [2.75, 3.05) is 31.6 Å². The van der Waals surface area contributed by atoms with Crippen LogP contribution in [0.15, 0.2) is 17.6 Å². The predicted molar refractivity (Wildman–Crippen MR) is 224 cm³/mol. The van der Waals surface area contributed by atoms with Crippen molar-refractivity contribution < 1.29 is 37.5 Å². The Morgan fingerprint density at radius 2 is 1.49 bits per heavy atom. The second-order valence-electron chi connectivity index (χ2n) is 15.2. The van der Waals surface area contributed by atoms with Crippen LogP contribution >= 0.6 is 0 Å². The Balaban J connectivity index is 0.00000114. The van der Waals surface area contributed by atoms with E-state index in [-0.39, 0.29) is 53.8 Å². The number of carboxylic acids is 1. The number of aliphatic carboxylic acids is 1. The van der Waals surface area contributed by atoms with E-state index >= 15 is 0 Å². The first kappa shape index (κ1) is 51.5. The van der Waals surface area contributed by atoms with Gasteiger partial charge in [-0.2, -0.15) is 5.10 Å². The molecule has 2 atom stereocenters. The summed E-state index contributed by atoms with van der Waals surface area (Å²) in [5.41, 5.74) is 7.98. The summed E-state index contributed by atoms with van der Waals surface area (Å²) >= 11 is 0. The number of nitrogens with zero attached hydrogens (tertiary/aromatic N) is 2.